The molecule has 278 valence electrons. The topological polar surface area (TPSA) is 88.7 Å². The molecule has 0 aromatic heterocycles. The molecule has 49 heavy (non-hydrogen) atoms. The van der Waals surface area contributed by atoms with Gasteiger partial charge >= 0.3 is 6.03 Å². The molecule has 11 atom stereocenters. The van der Waals surface area contributed by atoms with Gasteiger partial charge in [-0.05, 0) is 111 Å². The van der Waals surface area contributed by atoms with Crippen LogP contribution in [0.2, 0.25) is 0 Å². The summed E-state index contributed by atoms with van der Waals surface area (Å²) in [6.07, 6.45) is 21.3. The van der Waals surface area contributed by atoms with Crippen LogP contribution in [0.15, 0.2) is 11.6 Å². The van der Waals surface area contributed by atoms with E-state index in [0.29, 0.717) is 55.0 Å². The van der Waals surface area contributed by atoms with Crippen LogP contribution in [0.1, 0.15) is 131 Å². The second-order valence-corrected chi connectivity index (χ2v) is 19.1. The lowest BCUT2D eigenvalue weighted by atomic mass is 9.47. The number of hydrogen-bond acceptors (Lipinski definition) is 5. The fourth-order valence-corrected chi connectivity index (χ4v) is 13.3. The Bertz CT molecular complexity index is 1160. The van der Waals surface area contributed by atoms with Crippen LogP contribution in [0.5, 0.6) is 0 Å². The number of unbranched alkanes of at least 4 members (excludes halogenated alkanes) is 1. The average molecular weight is 700 g/mol. The Labute approximate surface area is 302 Å². The van der Waals surface area contributed by atoms with Crippen LogP contribution in [-0.4, -0.2) is 67.5 Å². The molecule has 8 heteroatoms. The second kappa shape index (κ2) is 16.6. The molecule has 0 spiro atoms. The monoisotopic (exact) mass is 700 g/mol. The third-order valence-electron chi connectivity index (χ3n) is 14.5. The molecular weight excluding hydrogens is 631 g/mol. The number of fused-ring (bicyclic) bond motifs is 6. The minimum Gasteiger partial charge on any atom is -0.377 e. The average Bonchev–Trinajstić information content (AvgIpc) is 3.74. The standard InChI is InChI=1S/C41H69N3O4S/c1-27(2)9-8-10-28(3)32-15-16-33-31-14-13-29-25-30(17-19-40(29,4)34(31)18-20-41(32,33)5)48-24-23-47-22-21-42-37(45)12-7-6-11-36-38-35(26-49-36)43-39(46)44-38/h13,27-28,30-36,38H,6-12,14-26H2,1-5H3,(H,42,45)(H2,43,44,46)/t28-,30-,31+,32-,33+,34+,35?,36?,38?,40+,41-/m1/s1. The Morgan fingerprint density at radius 3 is 2.69 bits per heavy atom. The highest BCUT2D eigenvalue weighted by Crippen LogP contribution is 2.67. The van der Waals surface area contributed by atoms with Crippen molar-refractivity contribution in [3.8, 4) is 0 Å². The van der Waals surface area contributed by atoms with Gasteiger partial charge in [0.1, 0.15) is 0 Å². The molecule has 7 nitrogen and oxygen atoms in total. The van der Waals surface area contributed by atoms with Crippen LogP contribution in [0.4, 0.5) is 4.79 Å². The van der Waals surface area contributed by atoms with Crippen LogP contribution in [0, 0.1) is 46.3 Å². The molecule has 0 aromatic rings. The Morgan fingerprint density at radius 1 is 1.00 bits per heavy atom. The van der Waals surface area contributed by atoms with Crippen molar-refractivity contribution in [3.63, 3.8) is 0 Å². The molecule has 2 heterocycles. The van der Waals surface area contributed by atoms with Gasteiger partial charge in [-0.2, -0.15) is 11.8 Å². The molecule has 2 saturated heterocycles. The number of nitrogens with one attached hydrogen (secondary N) is 3. The van der Waals surface area contributed by atoms with Gasteiger partial charge in [0.15, 0.2) is 0 Å². The molecule has 0 bridgehead atoms. The van der Waals surface area contributed by atoms with E-state index in [1.54, 1.807) is 5.57 Å². The zero-order chi connectivity index (χ0) is 34.6. The number of hydrogen-bond donors (Lipinski definition) is 3. The third-order valence-corrected chi connectivity index (χ3v) is 16.0. The first-order chi connectivity index (χ1) is 23.6. The van der Waals surface area contributed by atoms with Crippen molar-refractivity contribution in [2.24, 2.45) is 46.3 Å². The molecule has 3 amide bonds. The summed E-state index contributed by atoms with van der Waals surface area (Å²) in [5.74, 6) is 6.36. The van der Waals surface area contributed by atoms with E-state index in [4.69, 9.17) is 9.47 Å². The summed E-state index contributed by atoms with van der Waals surface area (Å²) in [6, 6.07) is 0.476. The molecule has 6 rings (SSSR count). The first-order valence-corrected chi connectivity index (χ1v) is 21.5. The Kier molecular flexibility index (Phi) is 12.7. The number of ether oxygens (including phenoxy) is 2. The number of urea groups is 1. The number of allylic oxidation sites excluding steroid dienone is 1. The molecule has 2 aliphatic heterocycles. The van der Waals surface area contributed by atoms with Gasteiger partial charge in [-0.3, -0.25) is 4.79 Å². The van der Waals surface area contributed by atoms with Gasteiger partial charge < -0.3 is 25.4 Å². The molecule has 3 N–H and O–H groups in total. The second-order valence-electron chi connectivity index (χ2n) is 17.9. The minimum absolute atomic E-state index is 0.0361. The highest BCUT2D eigenvalue weighted by molar-refractivity contribution is 8.00. The fourth-order valence-electron chi connectivity index (χ4n) is 11.8. The Morgan fingerprint density at radius 2 is 1.86 bits per heavy atom. The number of thioether (sulfide) groups is 1. The molecule has 6 aliphatic rings. The van der Waals surface area contributed by atoms with E-state index in [1.165, 1.54) is 57.8 Å². The van der Waals surface area contributed by atoms with E-state index in [1.807, 2.05) is 11.8 Å². The fraction of sp³-hybridized carbons (Fsp3) is 0.902. The molecular formula is C41H69N3O4S. The quantitative estimate of drug-likeness (QED) is 0.0809. The normalized spacial score (nSPS) is 38.6. The maximum atomic E-state index is 12.3. The predicted octanol–water partition coefficient (Wildman–Crippen LogP) is 8.27. The van der Waals surface area contributed by atoms with Gasteiger partial charge in [-0.25, -0.2) is 4.79 Å². The highest BCUT2D eigenvalue weighted by atomic mass is 32.2. The zero-order valence-corrected chi connectivity index (χ0v) is 32.4. The molecule has 5 fully saturated rings. The van der Waals surface area contributed by atoms with Crippen molar-refractivity contribution in [3.05, 3.63) is 11.6 Å². The van der Waals surface area contributed by atoms with Gasteiger partial charge in [0, 0.05) is 24.0 Å². The van der Waals surface area contributed by atoms with Gasteiger partial charge in [0.05, 0.1) is 38.0 Å². The van der Waals surface area contributed by atoms with Crippen molar-refractivity contribution in [2.75, 3.05) is 32.1 Å². The molecule has 3 saturated carbocycles. The smallest absolute Gasteiger partial charge is 0.315 e. The lowest BCUT2D eigenvalue weighted by molar-refractivity contribution is -0.121. The van der Waals surface area contributed by atoms with E-state index in [2.05, 4.69) is 56.6 Å². The van der Waals surface area contributed by atoms with Crippen LogP contribution < -0.4 is 16.0 Å². The number of rotatable bonds is 17. The lowest BCUT2D eigenvalue weighted by Gasteiger charge is -2.58. The van der Waals surface area contributed by atoms with E-state index < -0.39 is 0 Å². The first kappa shape index (κ1) is 37.5. The molecule has 0 aromatic carbocycles. The van der Waals surface area contributed by atoms with Gasteiger partial charge in [-0.15, -0.1) is 0 Å². The third kappa shape index (κ3) is 8.53. The van der Waals surface area contributed by atoms with Crippen molar-refractivity contribution >= 4 is 23.7 Å². The largest absolute Gasteiger partial charge is 0.377 e. The van der Waals surface area contributed by atoms with E-state index >= 15 is 0 Å². The van der Waals surface area contributed by atoms with Crippen molar-refractivity contribution < 1.29 is 19.1 Å². The van der Waals surface area contributed by atoms with Gasteiger partial charge in [0.25, 0.3) is 0 Å². The maximum Gasteiger partial charge on any atom is 0.315 e. The van der Waals surface area contributed by atoms with E-state index in [-0.39, 0.29) is 24.0 Å². The highest BCUT2D eigenvalue weighted by Gasteiger charge is 2.59. The van der Waals surface area contributed by atoms with E-state index in [0.717, 1.165) is 73.4 Å². The van der Waals surface area contributed by atoms with Crippen molar-refractivity contribution in [2.45, 2.75) is 154 Å². The van der Waals surface area contributed by atoms with Crippen molar-refractivity contribution in [1.82, 2.24) is 16.0 Å². The predicted molar refractivity (Wildman–Crippen MR) is 201 cm³/mol. The van der Waals surface area contributed by atoms with Crippen LogP contribution in [0.25, 0.3) is 0 Å². The van der Waals surface area contributed by atoms with Crippen LogP contribution in [0.3, 0.4) is 0 Å². The van der Waals surface area contributed by atoms with Crippen LogP contribution in [-0.2, 0) is 14.3 Å². The van der Waals surface area contributed by atoms with Crippen LogP contribution >= 0.6 is 11.8 Å². The molecule has 3 unspecified atom stereocenters. The summed E-state index contributed by atoms with van der Waals surface area (Å²) in [5, 5.41) is 9.50. The van der Waals surface area contributed by atoms with Gasteiger partial charge in [-0.1, -0.05) is 72.0 Å². The molecule has 4 aliphatic carbocycles. The first-order valence-electron chi connectivity index (χ1n) is 20.4. The van der Waals surface area contributed by atoms with Crippen molar-refractivity contribution in [1.29, 1.82) is 0 Å². The summed E-state index contributed by atoms with van der Waals surface area (Å²) < 4.78 is 12.2. The lowest BCUT2D eigenvalue weighted by Crippen LogP contribution is -2.51. The summed E-state index contributed by atoms with van der Waals surface area (Å²) in [7, 11) is 0. The van der Waals surface area contributed by atoms with Gasteiger partial charge in [0.2, 0.25) is 5.91 Å². The maximum absolute atomic E-state index is 12.3. The summed E-state index contributed by atoms with van der Waals surface area (Å²) in [6.45, 7) is 14.9. The molecule has 0 radical (unpaired) electrons. The SMILES string of the molecule is CC(C)CCC[C@@H](C)[C@H]1CC[C@H]2[C@@H]3CC=C4C[C@H](OCCOCCNC(=O)CCCCC5SCC6NC(=O)NC65)CC[C@]4(C)[C@H]3CC[C@]12C. The summed E-state index contributed by atoms with van der Waals surface area (Å²) in [4.78, 5) is 23.8. The van der Waals surface area contributed by atoms with E-state index in [9.17, 15) is 9.59 Å². The number of carbonyl (C=O) groups is 2. The Hall–Kier alpha value is -1.25. The number of amides is 3. The zero-order valence-electron chi connectivity index (χ0n) is 31.5. The minimum atomic E-state index is -0.0361. The number of carbonyl (C=O) groups excluding carboxylic acids is 2. The Balaban J connectivity index is 0.844. The summed E-state index contributed by atoms with van der Waals surface area (Å²) >= 11 is 1.93. The summed E-state index contributed by atoms with van der Waals surface area (Å²) in [5.41, 5.74) is 2.61.